The normalized spacial score (nSPS) is 11.9. The Morgan fingerprint density at radius 1 is 1.75 bits per heavy atom. The minimum Gasteiger partial charge on any atom is -0.390 e. The van der Waals surface area contributed by atoms with E-state index in [1.165, 1.54) is 6.61 Å². The molecule has 8 heavy (non-hydrogen) atoms. The average molecular weight is 111 g/mol. The summed E-state index contributed by atoms with van der Waals surface area (Å²) in [7, 11) is 0. The second-order valence-corrected chi connectivity index (χ2v) is 1.76. The molecule has 0 aromatic carbocycles. The minimum absolute atomic E-state index is 0.211. The fourth-order valence-corrected chi connectivity index (χ4v) is 0.316. The third-order valence-electron chi connectivity index (χ3n) is 0.855. The molecule has 45 valence electrons. The Morgan fingerprint density at radius 2 is 2.38 bits per heavy atom. The van der Waals surface area contributed by atoms with Crippen LogP contribution in [0.25, 0.3) is 0 Å². The molecule has 1 radical (unpaired) electrons. The zero-order valence-corrected chi connectivity index (χ0v) is 5.31. The highest BCUT2D eigenvalue weighted by atomic mass is 16.3. The molecule has 1 nitrogen and oxygen atoms in total. The maximum absolute atomic E-state index is 8.37. The van der Waals surface area contributed by atoms with E-state index >= 15 is 0 Å². The molecule has 1 heteroatoms. The molecule has 0 bridgehead atoms. The second kappa shape index (κ2) is 4.67. The Kier molecular flexibility index (Phi) is 4.39. The highest BCUT2D eigenvalue weighted by Gasteiger charge is 1.94. The lowest BCUT2D eigenvalue weighted by atomic mass is 10.1. The van der Waals surface area contributed by atoms with E-state index < -0.39 is 0 Å². The molecule has 0 rings (SSSR count). The van der Waals surface area contributed by atoms with E-state index in [-0.39, 0.29) is 5.92 Å². The van der Waals surface area contributed by atoms with Crippen LogP contribution in [-0.2, 0) is 0 Å². The minimum atomic E-state index is 0.211. The van der Waals surface area contributed by atoms with Crippen molar-refractivity contribution < 1.29 is 5.11 Å². The summed E-state index contributed by atoms with van der Waals surface area (Å²) in [4.78, 5) is 0. The summed E-state index contributed by atoms with van der Waals surface area (Å²) in [6.07, 6.45) is 0.757. The molecule has 0 aromatic heterocycles. The molecule has 0 saturated heterocycles. The van der Waals surface area contributed by atoms with Crippen LogP contribution in [0.5, 0.6) is 0 Å². The van der Waals surface area contributed by atoms with Gasteiger partial charge in [0.05, 0.1) is 6.61 Å². The molecule has 0 aliphatic heterocycles. The first-order valence-electron chi connectivity index (χ1n) is 2.68. The van der Waals surface area contributed by atoms with Crippen molar-refractivity contribution in [2.45, 2.75) is 20.3 Å². The van der Waals surface area contributed by atoms with Gasteiger partial charge < -0.3 is 5.11 Å². The summed E-state index contributed by atoms with van der Waals surface area (Å²) in [5.41, 5.74) is 0. The van der Waals surface area contributed by atoms with Crippen LogP contribution in [0.3, 0.4) is 0 Å². The topological polar surface area (TPSA) is 20.2 Å². The zero-order chi connectivity index (χ0) is 6.41. The monoisotopic (exact) mass is 111 g/mol. The molecule has 1 unspecified atom stereocenters. The molecule has 0 amide bonds. The molecule has 1 N–H and O–H groups in total. The summed E-state index contributed by atoms with van der Waals surface area (Å²) >= 11 is 0. The summed E-state index contributed by atoms with van der Waals surface area (Å²) in [5.74, 6) is 5.82. The van der Waals surface area contributed by atoms with Crippen molar-refractivity contribution in [2.24, 2.45) is 5.92 Å². The number of hydrogen-bond acceptors (Lipinski definition) is 1. The van der Waals surface area contributed by atoms with Gasteiger partial charge in [0.25, 0.3) is 0 Å². The largest absolute Gasteiger partial charge is 0.390 e. The van der Waals surface area contributed by atoms with Crippen LogP contribution in [0.15, 0.2) is 0 Å². The number of rotatable bonds is 2. The van der Waals surface area contributed by atoms with Gasteiger partial charge in [-0.05, 0) is 12.8 Å². The maximum atomic E-state index is 8.37. The third kappa shape index (κ3) is 3.70. The zero-order valence-electron chi connectivity index (χ0n) is 5.31. The van der Waals surface area contributed by atoms with Crippen LogP contribution in [0.2, 0.25) is 0 Å². The van der Waals surface area contributed by atoms with Gasteiger partial charge in [0, 0.05) is 6.42 Å². The molecule has 0 heterocycles. The molecular formula is C7H11O. The van der Waals surface area contributed by atoms with Gasteiger partial charge in [-0.1, -0.05) is 6.92 Å². The fraction of sp³-hybridized carbons (Fsp3) is 0.571. The first kappa shape index (κ1) is 7.52. The van der Waals surface area contributed by atoms with Crippen molar-refractivity contribution in [2.75, 3.05) is 0 Å². The summed E-state index contributed by atoms with van der Waals surface area (Å²) in [5, 5.41) is 8.37. The van der Waals surface area contributed by atoms with E-state index in [9.17, 15) is 0 Å². The van der Waals surface area contributed by atoms with Crippen LogP contribution in [0, 0.1) is 24.4 Å². The van der Waals surface area contributed by atoms with Gasteiger partial charge in [-0.15, -0.1) is 11.8 Å². The molecule has 0 spiro atoms. The van der Waals surface area contributed by atoms with Crippen LogP contribution >= 0.6 is 0 Å². The van der Waals surface area contributed by atoms with Crippen molar-refractivity contribution in [1.29, 1.82) is 0 Å². The molecule has 0 saturated carbocycles. The lowest BCUT2D eigenvalue weighted by molar-refractivity contribution is 0.329. The number of aliphatic hydroxyl groups excluding tert-OH is 1. The van der Waals surface area contributed by atoms with E-state index in [1.54, 1.807) is 6.92 Å². The number of hydrogen-bond donors (Lipinski definition) is 1. The van der Waals surface area contributed by atoms with E-state index in [0.717, 1.165) is 6.42 Å². The van der Waals surface area contributed by atoms with E-state index in [0.29, 0.717) is 0 Å². The summed E-state index contributed by atoms with van der Waals surface area (Å²) in [6, 6.07) is 0. The maximum Gasteiger partial charge on any atom is 0.0836 e. The van der Waals surface area contributed by atoms with Gasteiger partial charge in [-0.3, -0.25) is 0 Å². The molecule has 0 fully saturated rings. The second-order valence-electron chi connectivity index (χ2n) is 1.76. The van der Waals surface area contributed by atoms with Gasteiger partial charge in [-0.2, -0.15) is 0 Å². The average Bonchev–Trinajstić information content (AvgIpc) is 1.83. The van der Waals surface area contributed by atoms with Crippen LogP contribution in [0.1, 0.15) is 20.3 Å². The van der Waals surface area contributed by atoms with E-state index in [1.807, 2.05) is 6.92 Å². The van der Waals surface area contributed by atoms with E-state index in [2.05, 4.69) is 11.8 Å². The molecule has 0 aliphatic rings. The molecular weight excluding hydrogens is 100 g/mol. The Balaban J connectivity index is 3.19. The van der Waals surface area contributed by atoms with Crippen LogP contribution in [0.4, 0.5) is 0 Å². The lowest BCUT2D eigenvalue weighted by Gasteiger charge is -1.97. The Morgan fingerprint density at radius 3 is 2.75 bits per heavy atom. The molecule has 1 atom stereocenters. The van der Waals surface area contributed by atoms with Crippen LogP contribution < -0.4 is 0 Å². The van der Waals surface area contributed by atoms with Crippen molar-refractivity contribution in [3.05, 3.63) is 6.61 Å². The molecule has 0 aromatic rings. The van der Waals surface area contributed by atoms with Crippen molar-refractivity contribution in [1.82, 2.24) is 0 Å². The van der Waals surface area contributed by atoms with Gasteiger partial charge in [0.15, 0.2) is 0 Å². The van der Waals surface area contributed by atoms with Gasteiger partial charge in [0.1, 0.15) is 0 Å². The Bertz CT molecular complexity index is 96.7. The van der Waals surface area contributed by atoms with Gasteiger partial charge in [-0.25, -0.2) is 0 Å². The Hall–Kier alpha value is -0.480. The smallest absolute Gasteiger partial charge is 0.0836 e. The molecule has 0 aliphatic carbocycles. The van der Waals surface area contributed by atoms with Crippen molar-refractivity contribution >= 4 is 0 Å². The highest BCUT2D eigenvalue weighted by Crippen LogP contribution is 2.00. The van der Waals surface area contributed by atoms with Gasteiger partial charge >= 0.3 is 0 Å². The standard InChI is InChI=1S/C7H11O/c1-3-4-5-7(2)6-8/h6-8H,5H2,1-2H3. The van der Waals surface area contributed by atoms with Gasteiger partial charge in [0.2, 0.25) is 0 Å². The van der Waals surface area contributed by atoms with Crippen LogP contribution in [-0.4, -0.2) is 5.11 Å². The summed E-state index contributed by atoms with van der Waals surface area (Å²) < 4.78 is 0. The predicted molar refractivity (Wildman–Crippen MR) is 33.5 cm³/mol. The lowest BCUT2D eigenvalue weighted by Crippen LogP contribution is -1.91. The summed E-state index contributed by atoms with van der Waals surface area (Å²) in [6.45, 7) is 4.89. The first-order chi connectivity index (χ1) is 3.81. The quantitative estimate of drug-likeness (QED) is 0.536. The third-order valence-corrected chi connectivity index (χ3v) is 0.855. The first-order valence-corrected chi connectivity index (χ1v) is 2.68. The predicted octanol–water partition coefficient (Wildman–Crippen LogP) is 1.57. The highest BCUT2D eigenvalue weighted by molar-refractivity contribution is 4.96. The van der Waals surface area contributed by atoms with Crippen molar-refractivity contribution in [3.63, 3.8) is 0 Å². The fourth-order valence-electron chi connectivity index (χ4n) is 0.316. The van der Waals surface area contributed by atoms with E-state index in [4.69, 9.17) is 5.11 Å². The Labute approximate surface area is 50.7 Å². The van der Waals surface area contributed by atoms with Crippen molar-refractivity contribution in [3.8, 4) is 11.8 Å². The number of aliphatic hydroxyl groups is 1. The SMILES string of the molecule is CC#CCC(C)[CH]O.